The summed E-state index contributed by atoms with van der Waals surface area (Å²) in [7, 11) is 0. The van der Waals surface area contributed by atoms with Crippen LogP contribution >= 0.6 is 11.3 Å². The van der Waals surface area contributed by atoms with Crippen LogP contribution in [0.4, 0.5) is 5.95 Å². The predicted octanol–water partition coefficient (Wildman–Crippen LogP) is 0.698. The number of hydrogen-bond acceptors (Lipinski definition) is 7. The van der Waals surface area contributed by atoms with Crippen LogP contribution in [-0.4, -0.2) is 32.6 Å². The number of rotatable bonds is 4. The molecule has 0 spiro atoms. The molecule has 7 nitrogen and oxygen atoms in total. The molecule has 0 atom stereocenters. The number of aryl methyl sites for hydroxylation is 2. The van der Waals surface area contributed by atoms with Crippen LogP contribution in [0.3, 0.4) is 0 Å². The van der Waals surface area contributed by atoms with Crippen molar-refractivity contribution in [2.24, 2.45) is 5.73 Å². The molecule has 2 rings (SSSR count). The third-order valence-electron chi connectivity index (χ3n) is 2.46. The van der Waals surface area contributed by atoms with Gasteiger partial charge in [-0.15, -0.1) is 16.4 Å². The van der Waals surface area contributed by atoms with Gasteiger partial charge in [-0.25, -0.2) is 9.97 Å². The molecule has 0 saturated carbocycles. The number of aromatic nitrogens is 4. The maximum atomic E-state index is 11.9. The first-order valence-corrected chi connectivity index (χ1v) is 6.62. The van der Waals surface area contributed by atoms with Crippen molar-refractivity contribution < 1.29 is 4.79 Å². The third-order valence-corrected chi connectivity index (χ3v) is 3.37. The summed E-state index contributed by atoms with van der Waals surface area (Å²) in [6.45, 7) is 4.13. The van der Waals surface area contributed by atoms with E-state index in [1.807, 2.05) is 6.92 Å². The van der Waals surface area contributed by atoms with Gasteiger partial charge in [0.25, 0.3) is 5.91 Å². The molecule has 0 unspecified atom stereocenters. The molecule has 0 radical (unpaired) electrons. The van der Waals surface area contributed by atoms with Gasteiger partial charge < -0.3 is 5.73 Å². The number of nitrogens with one attached hydrogen (secondary N) is 1. The van der Waals surface area contributed by atoms with Gasteiger partial charge in [0.2, 0.25) is 5.95 Å². The van der Waals surface area contributed by atoms with Gasteiger partial charge in [0.05, 0.1) is 16.4 Å². The van der Waals surface area contributed by atoms with Crippen LogP contribution in [0.1, 0.15) is 26.9 Å². The lowest BCUT2D eigenvalue weighted by Gasteiger charge is -2.02. The van der Waals surface area contributed by atoms with Crippen molar-refractivity contribution in [2.45, 2.75) is 20.3 Å². The van der Waals surface area contributed by atoms with Crippen LogP contribution in [0.2, 0.25) is 0 Å². The molecule has 100 valence electrons. The average molecular weight is 278 g/mol. The van der Waals surface area contributed by atoms with Crippen molar-refractivity contribution in [3.8, 4) is 0 Å². The summed E-state index contributed by atoms with van der Waals surface area (Å²) < 4.78 is 0. The van der Waals surface area contributed by atoms with Crippen molar-refractivity contribution in [1.82, 2.24) is 20.2 Å². The van der Waals surface area contributed by atoms with Crippen molar-refractivity contribution in [1.29, 1.82) is 0 Å². The Morgan fingerprint density at radius 1 is 1.32 bits per heavy atom. The fraction of sp³-hybridized carbons (Fsp3) is 0.364. The molecule has 0 bridgehead atoms. The fourth-order valence-corrected chi connectivity index (χ4v) is 2.12. The molecule has 19 heavy (non-hydrogen) atoms. The number of nitrogens with zero attached hydrogens (tertiary/aromatic N) is 4. The zero-order valence-corrected chi connectivity index (χ0v) is 11.5. The molecule has 0 saturated heterocycles. The van der Waals surface area contributed by atoms with E-state index in [2.05, 4.69) is 25.5 Å². The molecular formula is C11H14N6OS. The van der Waals surface area contributed by atoms with E-state index in [4.69, 9.17) is 5.73 Å². The van der Waals surface area contributed by atoms with Crippen LogP contribution in [0.25, 0.3) is 0 Å². The Labute approximate surface area is 114 Å². The van der Waals surface area contributed by atoms with Gasteiger partial charge in [0.1, 0.15) is 5.69 Å². The number of hydrogen-bond donors (Lipinski definition) is 2. The molecule has 0 aromatic carbocycles. The first kappa shape index (κ1) is 13.5. The lowest BCUT2D eigenvalue weighted by Crippen LogP contribution is -2.16. The third kappa shape index (κ3) is 3.30. The van der Waals surface area contributed by atoms with Crippen LogP contribution < -0.4 is 11.1 Å². The number of carbonyl (C=O) groups excluding carboxylic acids is 1. The number of carbonyl (C=O) groups is 1. The van der Waals surface area contributed by atoms with Crippen LogP contribution in [0.15, 0.2) is 5.38 Å². The molecule has 0 aliphatic carbocycles. The Bertz CT molecular complexity index is 597. The van der Waals surface area contributed by atoms with E-state index in [1.54, 1.807) is 12.3 Å². The highest BCUT2D eigenvalue weighted by Crippen LogP contribution is 2.11. The first-order valence-electron chi connectivity index (χ1n) is 5.74. The molecule has 3 N–H and O–H groups in total. The minimum absolute atomic E-state index is 0.182. The molecule has 2 heterocycles. The van der Waals surface area contributed by atoms with Crippen LogP contribution in [-0.2, 0) is 6.42 Å². The van der Waals surface area contributed by atoms with Gasteiger partial charge in [0.15, 0.2) is 0 Å². The Hall–Kier alpha value is -1.93. The van der Waals surface area contributed by atoms with E-state index in [-0.39, 0.29) is 11.9 Å². The molecule has 0 fully saturated rings. The van der Waals surface area contributed by atoms with E-state index < -0.39 is 0 Å². The zero-order chi connectivity index (χ0) is 13.8. The fourth-order valence-electron chi connectivity index (χ4n) is 1.33. The summed E-state index contributed by atoms with van der Waals surface area (Å²) >= 11 is 1.41. The molecule has 2 aromatic heterocycles. The largest absolute Gasteiger partial charge is 0.330 e. The second-order valence-corrected chi connectivity index (χ2v) is 4.87. The standard InChI is InChI=1S/C11H14N6OS/c1-6-7(2)16-17-11(13-6)15-10(18)8-5-19-9(14-8)3-4-12/h5H,3-4,12H2,1-2H3,(H,13,15,17,18). The topological polar surface area (TPSA) is 107 Å². The smallest absolute Gasteiger partial charge is 0.277 e. The highest BCUT2D eigenvalue weighted by molar-refractivity contribution is 7.09. The Kier molecular flexibility index (Phi) is 4.13. The van der Waals surface area contributed by atoms with E-state index in [9.17, 15) is 4.79 Å². The van der Waals surface area contributed by atoms with E-state index in [0.29, 0.717) is 18.7 Å². The summed E-state index contributed by atoms with van der Waals surface area (Å²) in [6, 6.07) is 0. The minimum Gasteiger partial charge on any atom is -0.330 e. The van der Waals surface area contributed by atoms with Crippen molar-refractivity contribution in [2.75, 3.05) is 11.9 Å². The second kappa shape index (κ2) is 5.81. The van der Waals surface area contributed by atoms with Gasteiger partial charge in [0, 0.05) is 11.8 Å². The molecule has 1 amide bonds. The molecular weight excluding hydrogens is 264 g/mol. The normalized spacial score (nSPS) is 10.5. The number of anilines is 1. The summed E-state index contributed by atoms with van der Waals surface area (Å²) in [5, 5.41) is 12.8. The van der Waals surface area contributed by atoms with Crippen LogP contribution in [0, 0.1) is 13.8 Å². The van der Waals surface area contributed by atoms with Gasteiger partial charge in [-0.2, -0.15) is 5.10 Å². The lowest BCUT2D eigenvalue weighted by atomic mass is 10.4. The Morgan fingerprint density at radius 3 is 2.79 bits per heavy atom. The van der Waals surface area contributed by atoms with Gasteiger partial charge in [-0.1, -0.05) is 0 Å². The summed E-state index contributed by atoms with van der Waals surface area (Å²) in [6.07, 6.45) is 0.666. The van der Waals surface area contributed by atoms with Crippen molar-refractivity contribution in [3.05, 3.63) is 27.5 Å². The summed E-state index contributed by atoms with van der Waals surface area (Å²) in [5.74, 6) is -0.161. The maximum absolute atomic E-state index is 11.9. The second-order valence-electron chi connectivity index (χ2n) is 3.93. The monoisotopic (exact) mass is 278 g/mol. The Balaban J connectivity index is 2.09. The predicted molar refractivity (Wildman–Crippen MR) is 72.1 cm³/mol. The lowest BCUT2D eigenvalue weighted by molar-refractivity contribution is 0.102. The average Bonchev–Trinajstić information content (AvgIpc) is 2.83. The SMILES string of the molecule is Cc1nnc(NC(=O)c2csc(CCN)n2)nc1C. The van der Waals surface area contributed by atoms with Gasteiger partial charge in [-0.3, -0.25) is 10.1 Å². The van der Waals surface area contributed by atoms with Gasteiger partial charge >= 0.3 is 0 Å². The number of nitrogens with two attached hydrogens (primary N) is 1. The highest BCUT2D eigenvalue weighted by Gasteiger charge is 2.12. The molecule has 8 heteroatoms. The molecule has 0 aliphatic heterocycles. The number of thiazole rings is 1. The Morgan fingerprint density at radius 2 is 2.11 bits per heavy atom. The van der Waals surface area contributed by atoms with Crippen LogP contribution in [0.5, 0.6) is 0 Å². The van der Waals surface area contributed by atoms with Crippen molar-refractivity contribution in [3.63, 3.8) is 0 Å². The molecule has 0 aliphatic rings. The van der Waals surface area contributed by atoms with Crippen molar-refractivity contribution >= 4 is 23.2 Å². The highest BCUT2D eigenvalue weighted by atomic mass is 32.1. The van der Waals surface area contributed by atoms with E-state index in [0.717, 1.165) is 16.4 Å². The summed E-state index contributed by atoms with van der Waals surface area (Å²) in [5.41, 5.74) is 7.24. The summed E-state index contributed by atoms with van der Waals surface area (Å²) in [4.78, 5) is 20.2. The maximum Gasteiger partial charge on any atom is 0.277 e. The number of amides is 1. The molecule has 2 aromatic rings. The zero-order valence-electron chi connectivity index (χ0n) is 10.7. The first-order chi connectivity index (χ1) is 9.10. The minimum atomic E-state index is -0.343. The van der Waals surface area contributed by atoms with E-state index >= 15 is 0 Å². The van der Waals surface area contributed by atoms with Gasteiger partial charge in [-0.05, 0) is 20.4 Å². The quantitative estimate of drug-likeness (QED) is 0.852. The van der Waals surface area contributed by atoms with E-state index in [1.165, 1.54) is 11.3 Å².